The Bertz CT molecular complexity index is 251. The first-order valence-corrected chi connectivity index (χ1v) is 4.23. The maximum absolute atomic E-state index is 3.96. The molecule has 0 N–H and O–H groups in total. The topological polar surface area (TPSA) is 3.24 Å². The van der Waals surface area contributed by atoms with E-state index in [1.807, 2.05) is 11.9 Å². The van der Waals surface area contributed by atoms with Crippen LogP contribution in [0.1, 0.15) is 20.8 Å². The highest BCUT2D eigenvalue weighted by atomic mass is 15.1. The molecule has 0 bridgehead atoms. The summed E-state index contributed by atoms with van der Waals surface area (Å²) in [5.74, 6) is 0. The Kier molecular flexibility index (Phi) is 2.14. The number of nitrogens with zero attached hydrogens (tertiary/aromatic N) is 1. The highest BCUT2D eigenvalue weighted by molar-refractivity contribution is 5.36. The minimum Gasteiger partial charge on any atom is -0.352 e. The Morgan fingerprint density at radius 3 is 2.33 bits per heavy atom. The number of rotatable bonds is 0. The monoisotopic (exact) mass is 163 g/mol. The Morgan fingerprint density at radius 2 is 1.92 bits per heavy atom. The Labute approximate surface area is 75.1 Å². The average Bonchev–Trinajstić information content (AvgIpc) is 1.92. The maximum Gasteiger partial charge on any atom is 0.0333 e. The van der Waals surface area contributed by atoms with Crippen LogP contribution in [0.15, 0.2) is 36.2 Å². The SMILES string of the molecule is C=C1C=C(C(C)(C)C)C=CN1C. The van der Waals surface area contributed by atoms with Gasteiger partial charge in [-0.3, -0.25) is 0 Å². The van der Waals surface area contributed by atoms with Crippen molar-refractivity contribution in [3.8, 4) is 0 Å². The molecule has 0 spiro atoms. The van der Waals surface area contributed by atoms with Crippen LogP contribution in [0.4, 0.5) is 0 Å². The summed E-state index contributed by atoms with van der Waals surface area (Å²) in [6.45, 7) is 10.6. The molecule has 0 saturated heterocycles. The largest absolute Gasteiger partial charge is 0.352 e. The van der Waals surface area contributed by atoms with E-state index in [-0.39, 0.29) is 5.41 Å². The van der Waals surface area contributed by atoms with Crippen molar-refractivity contribution < 1.29 is 0 Å². The van der Waals surface area contributed by atoms with Crippen LogP contribution in [-0.4, -0.2) is 11.9 Å². The van der Waals surface area contributed by atoms with Gasteiger partial charge in [0.05, 0.1) is 0 Å². The van der Waals surface area contributed by atoms with Crippen LogP contribution < -0.4 is 0 Å². The van der Waals surface area contributed by atoms with Crippen LogP contribution in [0.3, 0.4) is 0 Å². The lowest BCUT2D eigenvalue weighted by Crippen LogP contribution is -2.16. The smallest absolute Gasteiger partial charge is 0.0333 e. The molecule has 0 amide bonds. The standard InChI is InChI=1S/C11H17N/c1-9-8-10(11(2,3)4)6-7-12(9)5/h6-8H,1H2,2-5H3. The van der Waals surface area contributed by atoms with Gasteiger partial charge in [0.1, 0.15) is 0 Å². The predicted molar refractivity (Wildman–Crippen MR) is 53.6 cm³/mol. The first kappa shape index (κ1) is 9.11. The van der Waals surface area contributed by atoms with E-state index in [0.29, 0.717) is 0 Å². The molecule has 0 fully saturated rings. The highest BCUT2D eigenvalue weighted by Crippen LogP contribution is 2.29. The molecule has 1 aliphatic heterocycles. The van der Waals surface area contributed by atoms with Crippen molar-refractivity contribution in [2.24, 2.45) is 5.41 Å². The molecule has 0 unspecified atom stereocenters. The van der Waals surface area contributed by atoms with Gasteiger partial charge >= 0.3 is 0 Å². The summed E-state index contributed by atoms with van der Waals surface area (Å²) >= 11 is 0. The molecule has 0 aliphatic carbocycles. The number of hydrogen-bond acceptors (Lipinski definition) is 1. The molecule has 0 aromatic heterocycles. The lowest BCUT2D eigenvalue weighted by Gasteiger charge is -2.27. The van der Waals surface area contributed by atoms with Crippen molar-refractivity contribution in [2.45, 2.75) is 20.8 Å². The van der Waals surface area contributed by atoms with Gasteiger partial charge in [0.25, 0.3) is 0 Å². The molecular formula is C11H17N. The molecular weight excluding hydrogens is 146 g/mol. The summed E-state index contributed by atoms with van der Waals surface area (Å²) in [5, 5.41) is 0. The van der Waals surface area contributed by atoms with E-state index >= 15 is 0 Å². The minimum atomic E-state index is 0.223. The van der Waals surface area contributed by atoms with Gasteiger partial charge in [-0.05, 0) is 23.1 Å². The van der Waals surface area contributed by atoms with E-state index in [0.717, 1.165) is 5.70 Å². The number of allylic oxidation sites excluding steroid dienone is 3. The van der Waals surface area contributed by atoms with Gasteiger partial charge in [0.15, 0.2) is 0 Å². The van der Waals surface area contributed by atoms with Crippen LogP contribution in [0.2, 0.25) is 0 Å². The highest BCUT2D eigenvalue weighted by Gasteiger charge is 2.17. The van der Waals surface area contributed by atoms with E-state index in [4.69, 9.17) is 0 Å². The van der Waals surface area contributed by atoms with E-state index in [1.165, 1.54) is 5.57 Å². The maximum atomic E-state index is 3.96. The molecule has 0 saturated carbocycles. The van der Waals surface area contributed by atoms with Crippen molar-refractivity contribution in [3.05, 3.63) is 36.2 Å². The van der Waals surface area contributed by atoms with Crippen LogP contribution in [0, 0.1) is 5.41 Å². The van der Waals surface area contributed by atoms with Crippen LogP contribution in [0.25, 0.3) is 0 Å². The molecule has 1 aliphatic rings. The summed E-state index contributed by atoms with van der Waals surface area (Å²) in [5.41, 5.74) is 2.62. The van der Waals surface area contributed by atoms with Crippen LogP contribution in [0.5, 0.6) is 0 Å². The first-order chi connectivity index (χ1) is 5.41. The summed E-state index contributed by atoms with van der Waals surface area (Å²) in [6.07, 6.45) is 6.34. The van der Waals surface area contributed by atoms with E-state index in [1.54, 1.807) is 0 Å². The van der Waals surface area contributed by atoms with Gasteiger partial charge in [0.2, 0.25) is 0 Å². The van der Waals surface area contributed by atoms with Gasteiger partial charge < -0.3 is 4.90 Å². The molecule has 12 heavy (non-hydrogen) atoms. The molecule has 0 atom stereocenters. The Hall–Kier alpha value is -0.980. The summed E-state index contributed by atoms with van der Waals surface area (Å²) in [4.78, 5) is 2.02. The lowest BCUT2D eigenvalue weighted by atomic mass is 9.85. The molecule has 0 aromatic carbocycles. The quantitative estimate of drug-likeness (QED) is 0.530. The van der Waals surface area contributed by atoms with Crippen molar-refractivity contribution in [2.75, 3.05) is 7.05 Å². The van der Waals surface area contributed by atoms with Crippen LogP contribution >= 0.6 is 0 Å². The van der Waals surface area contributed by atoms with E-state index in [9.17, 15) is 0 Å². The third kappa shape index (κ3) is 1.79. The zero-order chi connectivity index (χ0) is 9.35. The second kappa shape index (κ2) is 2.81. The second-order valence-corrected chi connectivity index (χ2v) is 4.27. The van der Waals surface area contributed by atoms with Gasteiger partial charge in [-0.1, -0.05) is 27.4 Å². The number of hydrogen-bond donors (Lipinski definition) is 0. The van der Waals surface area contributed by atoms with E-state index in [2.05, 4.69) is 45.7 Å². The molecule has 0 aromatic rings. The Morgan fingerprint density at radius 1 is 1.33 bits per heavy atom. The summed E-state index contributed by atoms with van der Waals surface area (Å²) < 4.78 is 0. The molecule has 0 radical (unpaired) electrons. The second-order valence-electron chi connectivity index (χ2n) is 4.27. The van der Waals surface area contributed by atoms with Crippen molar-refractivity contribution in [1.29, 1.82) is 0 Å². The van der Waals surface area contributed by atoms with Crippen molar-refractivity contribution >= 4 is 0 Å². The average molecular weight is 163 g/mol. The third-order valence-corrected chi connectivity index (χ3v) is 2.12. The fourth-order valence-corrected chi connectivity index (χ4v) is 1.08. The van der Waals surface area contributed by atoms with Gasteiger partial charge in [0, 0.05) is 18.9 Å². The summed E-state index contributed by atoms with van der Waals surface area (Å²) in [7, 11) is 2.01. The molecule has 1 heterocycles. The molecule has 1 nitrogen and oxygen atoms in total. The van der Waals surface area contributed by atoms with Crippen molar-refractivity contribution in [3.63, 3.8) is 0 Å². The zero-order valence-electron chi connectivity index (χ0n) is 8.39. The molecule has 66 valence electrons. The van der Waals surface area contributed by atoms with Crippen molar-refractivity contribution in [1.82, 2.24) is 4.90 Å². The van der Waals surface area contributed by atoms with Gasteiger partial charge in [-0.2, -0.15) is 0 Å². The Balaban J connectivity index is 2.91. The lowest BCUT2D eigenvalue weighted by molar-refractivity contribution is 0.499. The molecule has 1 rings (SSSR count). The van der Waals surface area contributed by atoms with Crippen LogP contribution in [-0.2, 0) is 0 Å². The number of likely N-dealkylation sites (N-methyl/N-ethyl adjacent to an activating group) is 1. The molecule has 1 heteroatoms. The predicted octanol–water partition coefficient (Wildman–Crippen LogP) is 2.93. The fraction of sp³-hybridized carbons (Fsp3) is 0.455. The summed E-state index contributed by atoms with van der Waals surface area (Å²) in [6, 6.07) is 0. The van der Waals surface area contributed by atoms with Gasteiger partial charge in [-0.15, -0.1) is 0 Å². The zero-order valence-corrected chi connectivity index (χ0v) is 8.39. The third-order valence-electron chi connectivity index (χ3n) is 2.12. The first-order valence-electron chi connectivity index (χ1n) is 4.23. The van der Waals surface area contributed by atoms with E-state index < -0.39 is 0 Å². The minimum absolute atomic E-state index is 0.223. The fourth-order valence-electron chi connectivity index (χ4n) is 1.08. The van der Waals surface area contributed by atoms with Gasteiger partial charge in [-0.25, -0.2) is 0 Å². The normalized spacial score (nSPS) is 18.2.